The number of rotatable bonds is 3. The highest BCUT2D eigenvalue weighted by Gasteiger charge is 2.34. The van der Waals surface area contributed by atoms with E-state index in [1.165, 1.54) is 0 Å². The van der Waals surface area contributed by atoms with Gasteiger partial charge in [0.05, 0.1) is 11.2 Å². The van der Waals surface area contributed by atoms with Crippen LogP contribution in [-0.2, 0) is 4.79 Å². The van der Waals surface area contributed by atoms with Crippen molar-refractivity contribution in [2.45, 2.75) is 31.3 Å². The van der Waals surface area contributed by atoms with Gasteiger partial charge in [-0.05, 0) is 25.0 Å². The van der Waals surface area contributed by atoms with Crippen LogP contribution in [0.15, 0.2) is 29.8 Å². The number of likely N-dealkylation sites (N-methyl/N-ethyl adjacent to an activating group) is 1. The van der Waals surface area contributed by atoms with Crippen LogP contribution >= 0.6 is 0 Å². The summed E-state index contributed by atoms with van der Waals surface area (Å²) in [5.74, 6) is 0.746. The molecular formula is C17H21NO3. The van der Waals surface area contributed by atoms with Crippen molar-refractivity contribution in [1.82, 2.24) is 4.90 Å². The van der Waals surface area contributed by atoms with Crippen LogP contribution in [0, 0.1) is 0 Å². The lowest BCUT2D eigenvalue weighted by atomic mass is 10.0. The number of fused-ring (bicyclic) bond motifs is 1. The van der Waals surface area contributed by atoms with Crippen LogP contribution in [-0.4, -0.2) is 41.7 Å². The first-order chi connectivity index (χ1) is 10.1. The van der Waals surface area contributed by atoms with Gasteiger partial charge in [0.2, 0.25) is 0 Å². The monoisotopic (exact) mass is 287 g/mol. The van der Waals surface area contributed by atoms with E-state index in [0.29, 0.717) is 18.7 Å². The first-order valence-corrected chi connectivity index (χ1v) is 7.48. The Kier molecular flexibility index (Phi) is 3.72. The van der Waals surface area contributed by atoms with Gasteiger partial charge in [0.1, 0.15) is 12.4 Å². The molecule has 0 atom stereocenters. The fraction of sp³-hybridized carbons (Fsp3) is 0.471. The molecule has 0 bridgehead atoms. The Labute approximate surface area is 125 Å². The molecule has 1 fully saturated rings. The van der Waals surface area contributed by atoms with Gasteiger partial charge in [-0.2, -0.15) is 0 Å². The Morgan fingerprint density at radius 1 is 1.33 bits per heavy atom. The van der Waals surface area contributed by atoms with Gasteiger partial charge in [-0.15, -0.1) is 0 Å². The Balaban J connectivity index is 1.72. The lowest BCUT2D eigenvalue weighted by Crippen LogP contribution is -2.43. The molecule has 1 aliphatic carbocycles. The van der Waals surface area contributed by atoms with Gasteiger partial charge in [0, 0.05) is 19.2 Å². The minimum atomic E-state index is -0.710. The molecule has 2 aliphatic rings. The van der Waals surface area contributed by atoms with Gasteiger partial charge in [0.15, 0.2) is 0 Å². The first kappa shape index (κ1) is 14.1. The van der Waals surface area contributed by atoms with E-state index in [9.17, 15) is 9.90 Å². The van der Waals surface area contributed by atoms with E-state index >= 15 is 0 Å². The van der Waals surface area contributed by atoms with Crippen molar-refractivity contribution in [3.8, 4) is 5.75 Å². The SMILES string of the molecule is CN(CC1(O)CCCC1)C(=O)C1=Cc2ccccc2OC1. The number of carbonyl (C=O) groups excluding carboxylic acids is 1. The van der Waals surface area contributed by atoms with Crippen molar-refractivity contribution in [2.75, 3.05) is 20.2 Å². The van der Waals surface area contributed by atoms with Gasteiger partial charge >= 0.3 is 0 Å². The number of benzene rings is 1. The second kappa shape index (κ2) is 5.53. The highest BCUT2D eigenvalue weighted by atomic mass is 16.5. The molecule has 1 aromatic carbocycles. The molecule has 4 heteroatoms. The lowest BCUT2D eigenvalue weighted by molar-refractivity contribution is -0.129. The summed E-state index contributed by atoms with van der Waals surface area (Å²) in [7, 11) is 1.75. The van der Waals surface area contributed by atoms with Crippen LogP contribution in [0.1, 0.15) is 31.2 Å². The topological polar surface area (TPSA) is 49.8 Å². The lowest BCUT2D eigenvalue weighted by Gasteiger charge is -2.30. The maximum Gasteiger partial charge on any atom is 0.253 e. The summed E-state index contributed by atoms with van der Waals surface area (Å²) in [5, 5.41) is 10.4. The van der Waals surface area contributed by atoms with Crippen molar-refractivity contribution in [3.05, 3.63) is 35.4 Å². The molecule has 1 heterocycles. The Morgan fingerprint density at radius 2 is 2.05 bits per heavy atom. The third-order valence-corrected chi connectivity index (χ3v) is 4.32. The van der Waals surface area contributed by atoms with Gasteiger partial charge in [0.25, 0.3) is 5.91 Å². The number of carbonyl (C=O) groups is 1. The summed E-state index contributed by atoms with van der Waals surface area (Å²) in [6.45, 7) is 0.684. The predicted octanol–water partition coefficient (Wildman–Crippen LogP) is 2.23. The first-order valence-electron chi connectivity index (χ1n) is 7.48. The zero-order valence-electron chi connectivity index (χ0n) is 12.3. The zero-order valence-corrected chi connectivity index (χ0v) is 12.3. The van der Waals surface area contributed by atoms with E-state index in [1.807, 2.05) is 30.3 Å². The summed E-state index contributed by atoms with van der Waals surface area (Å²) in [6.07, 6.45) is 5.53. The van der Waals surface area contributed by atoms with E-state index in [-0.39, 0.29) is 5.91 Å². The molecule has 0 spiro atoms. The van der Waals surface area contributed by atoms with Crippen LogP contribution < -0.4 is 4.74 Å². The molecule has 0 unspecified atom stereocenters. The van der Waals surface area contributed by atoms with Crippen molar-refractivity contribution in [1.29, 1.82) is 0 Å². The summed E-state index contributed by atoms with van der Waals surface area (Å²) in [6, 6.07) is 7.68. The summed E-state index contributed by atoms with van der Waals surface area (Å²) in [4.78, 5) is 14.1. The van der Waals surface area contributed by atoms with Crippen molar-refractivity contribution in [2.24, 2.45) is 0 Å². The molecule has 0 radical (unpaired) electrons. The molecule has 1 saturated carbocycles. The molecule has 0 aromatic heterocycles. The highest BCUT2D eigenvalue weighted by molar-refractivity contribution is 5.99. The number of hydrogen-bond donors (Lipinski definition) is 1. The second-order valence-electron chi connectivity index (χ2n) is 6.09. The molecule has 1 aliphatic heterocycles. The Morgan fingerprint density at radius 3 is 2.81 bits per heavy atom. The fourth-order valence-electron chi connectivity index (χ4n) is 3.19. The number of amides is 1. The van der Waals surface area contributed by atoms with Crippen LogP contribution in [0.2, 0.25) is 0 Å². The minimum absolute atomic E-state index is 0.0650. The van der Waals surface area contributed by atoms with E-state index in [4.69, 9.17) is 4.74 Å². The number of aliphatic hydroxyl groups is 1. The van der Waals surface area contributed by atoms with Crippen LogP contribution in [0.4, 0.5) is 0 Å². The smallest absolute Gasteiger partial charge is 0.253 e. The molecule has 3 rings (SSSR count). The number of hydrogen-bond acceptors (Lipinski definition) is 3. The average Bonchev–Trinajstić information content (AvgIpc) is 2.92. The molecule has 1 aromatic rings. The van der Waals surface area contributed by atoms with E-state index in [1.54, 1.807) is 11.9 Å². The van der Waals surface area contributed by atoms with Gasteiger partial charge in [-0.25, -0.2) is 0 Å². The number of nitrogens with zero attached hydrogens (tertiary/aromatic N) is 1. The normalized spacial score (nSPS) is 19.4. The number of ether oxygens (including phenoxy) is 1. The zero-order chi connectivity index (χ0) is 14.9. The maximum atomic E-state index is 12.5. The molecule has 112 valence electrons. The minimum Gasteiger partial charge on any atom is -0.488 e. The Hall–Kier alpha value is -1.81. The van der Waals surface area contributed by atoms with E-state index in [2.05, 4.69) is 0 Å². The van der Waals surface area contributed by atoms with E-state index in [0.717, 1.165) is 37.0 Å². The van der Waals surface area contributed by atoms with Crippen molar-refractivity contribution >= 4 is 12.0 Å². The van der Waals surface area contributed by atoms with Crippen molar-refractivity contribution < 1.29 is 14.6 Å². The standard InChI is InChI=1S/C17H21NO3/c1-18(12-17(20)8-4-5-9-17)16(19)14-10-13-6-2-3-7-15(13)21-11-14/h2-3,6-7,10,20H,4-5,8-9,11-12H2,1H3. The summed E-state index contributed by atoms with van der Waals surface area (Å²) in [5.41, 5.74) is 0.858. The Bertz CT molecular complexity index is 573. The van der Waals surface area contributed by atoms with E-state index < -0.39 is 5.60 Å². The average molecular weight is 287 g/mol. The molecule has 1 amide bonds. The molecule has 0 saturated heterocycles. The van der Waals surface area contributed by atoms with Gasteiger partial charge in [-0.1, -0.05) is 31.0 Å². The summed E-state index contributed by atoms with van der Waals surface area (Å²) < 4.78 is 5.62. The number of para-hydroxylation sites is 1. The third kappa shape index (κ3) is 2.95. The highest BCUT2D eigenvalue weighted by Crippen LogP contribution is 2.31. The largest absolute Gasteiger partial charge is 0.488 e. The van der Waals surface area contributed by atoms with Gasteiger partial charge in [-0.3, -0.25) is 4.79 Å². The molecule has 21 heavy (non-hydrogen) atoms. The van der Waals surface area contributed by atoms with Crippen molar-refractivity contribution in [3.63, 3.8) is 0 Å². The fourth-order valence-corrected chi connectivity index (χ4v) is 3.19. The second-order valence-corrected chi connectivity index (χ2v) is 6.09. The molecule has 1 N–H and O–H groups in total. The molecule has 4 nitrogen and oxygen atoms in total. The predicted molar refractivity (Wildman–Crippen MR) is 81.0 cm³/mol. The van der Waals surface area contributed by atoms with Crippen LogP contribution in [0.5, 0.6) is 5.75 Å². The van der Waals surface area contributed by atoms with Crippen LogP contribution in [0.3, 0.4) is 0 Å². The third-order valence-electron chi connectivity index (χ3n) is 4.32. The summed E-state index contributed by atoms with van der Waals surface area (Å²) >= 11 is 0. The van der Waals surface area contributed by atoms with Crippen LogP contribution in [0.25, 0.3) is 6.08 Å². The maximum absolute atomic E-state index is 12.5. The quantitative estimate of drug-likeness (QED) is 0.927. The molecular weight excluding hydrogens is 266 g/mol. The van der Waals surface area contributed by atoms with Gasteiger partial charge < -0.3 is 14.7 Å².